The van der Waals surface area contributed by atoms with Gasteiger partial charge in [-0.2, -0.15) is 10.2 Å². The number of halogens is 1. The largest absolute Gasteiger partial charge is 0.505 e. The summed E-state index contributed by atoms with van der Waals surface area (Å²) < 4.78 is -0.787. The Bertz CT molecular complexity index is 3220. The van der Waals surface area contributed by atoms with Crippen LogP contribution in [0, 0.1) is 0 Å². The van der Waals surface area contributed by atoms with Gasteiger partial charge in [0.2, 0.25) is 11.8 Å². The van der Waals surface area contributed by atoms with Gasteiger partial charge in [0.15, 0.2) is 5.75 Å². The molecule has 0 aromatic heterocycles. The van der Waals surface area contributed by atoms with Crippen molar-refractivity contribution in [3.05, 3.63) is 169 Å². The van der Waals surface area contributed by atoms with Gasteiger partial charge >= 0.3 is 0 Å². The molecule has 0 saturated heterocycles. The van der Waals surface area contributed by atoms with Crippen LogP contribution in [-0.2, 0) is 16.1 Å². The summed E-state index contributed by atoms with van der Waals surface area (Å²) in [5.41, 5.74) is 6.15. The standard InChI is InChI=1S/C52H44BrN9O5/c1-31(63)55-40-13-8-12-39(28-40)54-30-34-26-32-10-4-6-16-43(32)46(48(34)64)61-59-37-22-18-35(19-23-37)56-36-20-24-38(25-21-36)60-62-47-44-17-7-5-11-33(44)27-45(49(47)65)50(66)57-41-14-9-15-42(29-41)58-51(67)52(2,3)53/h4-29,54,56,64-65H,30H2,1-3H3,(H,55,63)(H,57,66)(H,58,67). The Hall–Kier alpha value is -8.43. The Morgan fingerprint density at radius 3 is 1.60 bits per heavy atom. The lowest BCUT2D eigenvalue weighted by Gasteiger charge is -2.16. The van der Waals surface area contributed by atoms with Crippen LogP contribution in [0.15, 0.2) is 178 Å². The maximum Gasteiger partial charge on any atom is 0.259 e. The molecule has 0 aliphatic carbocycles. The van der Waals surface area contributed by atoms with Crippen molar-refractivity contribution in [1.82, 2.24) is 0 Å². The normalized spacial score (nSPS) is 11.5. The smallest absolute Gasteiger partial charge is 0.259 e. The third kappa shape index (κ3) is 11.1. The van der Waals surface area contributed by atoms with Crippen LogP contribution >= 0.6 is 15.9 Å². The highest BCUT2D eigenvalue weighted by Gasteiger charge is 2.24. The molecule has 334 valence electrons. The minimum absolute atomic E-state index is 0.00411. The lowest BCUT2D eigenvalue weighted by molar-refractivity contribution is -0.117. The summed E-state index contributed by atoms with van der Waals surface area (Å²) in [6.07, 6.45) is 0. The Kier molecular flexibility index (Phi) is 13.3. The number of fused-ring (bicyclic) bond motifs is 2. The molecular weight excluding hydrogens is 911 g/mol. The number of anilines is 6. The molecule has 15 heteroatoms. The van der Waals surface area contributed by atoms with Gasteiger partial charge in [-0.05, 0) is 122 Å². The summed E-state index contributed by atoms with van der Waals surface area (Å²) in [6.45, 7) is 5.22. The molecule has 8 aromatic carbocycles. The number of amides is 3. The number of azo groups is 2. The van der Waals surface area contributed by atoms with Crippen LogP contribution in [0.1, 0.15) is 36.7 Å². The lowest BCUT2D eigenvalue weighted by Crippen LogP contribution is -2.30. The van der Waals surface area contributed by atoms with E-state index < -0.39 is 10.2 Å². The van der Waals surface area contributed by atoms with Gasteiger partial charge in [-0.1, -0.05) is 76.6 Å². The highest BCUT2D eigenvalue weighted by molar-refractivity contribution is 9.10. The van der Waals surface area contributed by atoms with E-state index >= 15 is 0 Å². The first-order valence-corrected chi connectivity index (χ1v) is 21.9. The third-order valence-electron chi connectivity index (χ3n) is 10.5. The average Bonchev–Trinajstić information content (AvgIpc) is 3.31. The summed E-state index contributed by atoms with van der Waals surface area (Å²) in [5, 5.41) is 58.7. The van der Waals surface area contributed by atoms with Crippen LogP contribution in [0.4, 0.5) is 56.9 Å². The Labute approximate surface area is 394 Å². The fraction of sp³-hybridized carbons (Fsp3) is 0.0962. The Morgan fingerprint density at radius 1 is 0.537 bits per heavy atom. The van der Waals surface area contributed by atoms with E-state index in [9.17, 15) is 24.6 Å². The first-order valence-electron chi connectivity index (χ1n) is 21.1. The van der Waals surface area contributed by atoms with Crippen LogP contribution in [0.5, 0.6) is 11.5 Å². The molecule has 3 amide bonds. The summed E-state index contributed by atoms with van der Waals surface area (Å²) in [4.78, 5) is 37.6. The summed E-state index contributed by atoms with van der Waals surface area (Å²) in [6, 6.07) is 47.1. The fourth-order valence-electron chi connectivity index (χ4n) is 7.07. The van der Waals surface area contributed by atoms with Crippen molar-refractivity contribution in [3.63, 3.8) is 0 Å². The fourth-order valence-corrected chi connectivity index (χ4v) is 7.17. The van der Waals surface area contributed by atoms with Gasteiger partial charge in [0.05, 0.1) is 21.3 Å². The van der Waals surface area contributed by atoms with Crippen LogP contribution in [-0.4, -0.2) is 32.3 Å². The number of aromatic hydroxyl groups is 2. The van der Waals surface area contributed by atoms with E-state index in [1.807, 2.05) is 103 Å². The number of alkyl halides is 1. The van der Waals surface area contributed by atoms with E-state index in [-0.39, 0.29) is 34.6 Å². The Balaban J connectivity index is 0.936. The highest BCUT2D eigenvalue weighted by atomic mass is 79.9. The van der Waals surface area contributed by atoms with Crippen LogP contribution in [0.25, 0.3) is 21.5 Å². The number of hydrogen-bond donors (Lipinski definition) is 7. The van der Waals surface area contributed by atoms with Crippen LogP contribution in [0.2, 0.25) is 0 Å². The zero-order valence-electron chi connectivity index (χ0n) is 36.5. The molecule has 0 saturated carbocycles. The highest BCUT2D eigenvalue weighted by Crippen LogP contribution is 2.41. The van der Waals surface area contributed by atoms with Gasteiger partial charge in [0.1, 0.15) is 17.1 Å². The Morgan fingerprint density at radius 2 is 1.03 bits per heavy atom. The van der Waals surface area contributed by atoms with E-state index in [4.69, 9.17) is 0 Å². The van der Waals surface area contributed by atoms with Crippen molar-refractivity contribution in [2.75, 3.05) is 26.6 Å². The molecule has 0 unspecified atom stereocenters. The van der Waals surface area contributed by atoms with Gasteiger partial charge in [-0.15, -0.1) is 10.2 Å². The number of nitrogens with zero attached hydrogens (tertiary/aromatic N) is 4. The summed E-state index contributed by atoms with van der Waals surface area (Å²) in [5.74, 6) is -1.30. The molecule has 8 rings (SSSR count). The van der Waals surface area contributed by atoms with Crippen LogP contribution in [0.3, 0.4) is 0 Å². The number of phenols is 2. The van der Waals surface area contributed by atoms with Gasteiger partial charge in [0.25, 0.3) is 5.91 Å². The molecule has 14 nitrogen and oxygen atoms in total. The lowest BCUT2D eigenvalue weighted by atomic mass is 10.0. The summed E-state index contributed by atoms with van der Waals surface area (Å²) in [7, 11) is 0. The monoisotopic (exact) mass is 953 g/mol. The number of carbonyl (C=O) groups is 3. The second-order valence-electron chi connectivity index (χ2n) is 16.0. The minimum atomic E-state index is -0.787. The summed E-state index contributed by atoms with van der Waals surface area (Å²) >= 11 is 3.35. The van der Waals surface area contributed by atoms with Crippen molar-refractivity contribution in [1.29, 1.82) is 0 Å². The zero-order chi connectivity index (χ0) is 47.1. The number of carbonyl (C=O) groups excluding carboxylic acids is 3. The van der Waals surface area contributed by atoms with E-state index in [1.54, 1.807) is 68.4 Å². The first kappa shape index (κ1) is 45.1. The minimum Gasteiger partial charge on any atom is -0.505 e. The van der Waals surface area contributed by atoms with Gasteiger partial charge in [0, 0.05) is 63.9 Å². The topological polar surface area (TPSA) is 201 Å². The predicted molar refractivity (Wildman–Crippen MR) is 270 cm³/mol. The SMILES string of the molecule is CC(=O)Nc1cccc(NCc2cc3ccccc3c(N=Nc3ccc(Nc4ccc(N=Nc5c(O)c(C(=O)Nc6cccc(NC(=O)C(C)(C)Br)c6)cc6ccccc56)cc4)cc3)c2O)c1. The van der Waals surface area contributed by atoms with Gasteiger partial charge in [-0.25, -0.2) is 0 Å². The number of nitrogens with one attached hydrogen (secondary N) is 5. The van der Waals surface area contributed by atoms with E-state index in [2.05, 4.69) is 63.0 Å². The molecule has 0 fully saturated rings. The second kappa shape index (κ2) is 19.8. The molecule has 0 radical (unpaired) electrons. The van der Waals surface area contributed by atoms with Gasteiger partial charge < -0.3 is 36.8 Å². The number of rotatable bonds is 14. The predicted octanol–water partition coefficient (Wildman–Crippen LogP) is 13.9. The molecule has 0 spiro atoms. The van der Waals surface area contributed by atoms with Gasteiger partial charge in [-0.3, -0.25) is 14.4 Å². The zero-order valence-corrected chi connectivity index (χ0v) is 38.1. The molecule has 0 aliphatic heterocycles. The quantitative estimate of drug-likeness (QED) is 0.0415. The second-order valence-corrected chi connectivity index (χ2v) is 18.0. The van der Waals surface area contributed by atoms with Crippen molar-refractivity contribution in [2.45, 2.75) is 31.6 Å². The molecule has 8 aromatic rings. The van der Waals surface area contributed by atoms with Crippen molar-refractivity contribution >= 4 is 112 Å². The van der Waals surface area contributed by atoms with Crippen molar-refractivity contribution < 1.29 is 24.6 Å². The molecule has 0 aliphatic rings. The third-order valence-corrected chi connectivity index (χ3v) is 10.8. The number of hydrogen-bond acceptors (Lipinski definition) is 11. The van der Waals surface area contributed by atoms with E-state index in [0.29, 0.717) is 57.0 Å². The van der Waals surface area contributed by atoms with E-state index in [0.717, 1.165) is 27.8 Å². The van der Waals surface area contributed by atoms with Crippen molar-refractivity contribution in [3.8, 4) is 11.5 Å². The van der Waals surface area contributed by atoms with Crippen LogP contribution < -0.4 is 26.6 Å². The maximum absolute atomic E-state index is 13.6. The molecule has 7 N–H and O–H groups in total. The average molecular weight is 955 g/mol. The van der Waals surface area contributed by atoms with E-state index in [1.165, 1.54) is 6.92 Å². The molecule has 0 atom stereocenters. The maximum atomic E-state index is 13.6. The molecule has 0 heterocycles. The molecular formula is C52H44BrN9O5. The molecule has 67 heavy (non-hydrogen) atoms. The number of benzene rings is 8. The first-order chi connectivity index (χ1) is 32.3. The molecule has 0 bridgehead atoms. The van der Waals surface area contributed by atoms with Crippen molar-refractivity contribution in [2.24, 2.45) is 20.5 Å². The number of phenolic OH excluding ortho intramolecular Hbond substituents is 2.